The largest absolute Gasteiger partial charge is 0.462 e. The lowest BCUT2D eigenvalue weighted by Crippen LogP contribution is -2.30. The summed E-state index contributed by atoms with van der Waals surface area (Å²) in [5.41, 5.74) is 0. The van der Waals surface area contributed by atoms with Crippen molar-refractivity contribution in [3.8, 4) is 0 Å². The number of ether oxygens (including phenoxy) is 3. The lowest BCUT2D eigenvalue weighted by atomic mass is 10.0. The van der Waals surface area contributed by atoms with Gasteiger partial charge < -0.3 is 14.2 Å². The quantitative estimate of drug-likeness (QED) is 0.0261. The molecule has 0 aliphatic carbocycles. The second kappa shape index (κ2) is 65.4. The maximum atomic E-state index is 12.9. The van der Waals surface area contributed by atoms with Gasteiger partial charge in [0, 0.05) is 19.3 Å². The van der Waals surface area contributed by atoms with Gasteiger partial charge in [-0.15, -0.1) is 0 Å². The minimum Gasteiger partial charge on any atom is -0.462 e. The molecule has 6 nitrogen and oxygen atoms in total. The van der Waals surface area contributed by atoms with Gasteiger partial charge in [0.2, 0.25) is 0 Å². The maximum Gasteiger partial charge on any atom is 0.306 e. The van der Waals surface area contributed by atoms with Crippen LogP contribution in [-0.2, 0) is 28.6 Å². The summed E-state index contributed by atoms with van der Waals surface area (Å²) >= 11 is 0. The number of unbranched alkanes of at least 4 members (excludes halogenated alkanes) is 38. The highest BCUT2D eigenvalue weighted by molar-refractivity contribution is 5.71. The van der Waals surface area contributed by atoms with Crippen LogP contribution in [0.3, 0.4) is 0 Å². The van der Waals surface area contributed by atoms with Gasteiger partial charge in [0.25, 0.3) is 0 Å². The van der Waals surface area contributed by atoms with Crippen LogP contribution in [0.5, 0.6) is 0 Å². The molecular formula is C71H126O6. The summed E-state index contributed by atoms with van der Waals surface area (Å²) in [4.78, 5) is 38.3. The van der Waals surface area contributed by atoms with Crippen LogP contribution in [0.4, 0.5) is 0 Å². The fourth-order valence-electron chi connectivity index (χ4n) is 9.66. The van der Waals surface area contributed by atoms with E-state index in [1.165, 1.54) is 212 Å². The molecule has 446 valence electrons. The van der Waals surface area contributed by atoms with E-state index in [1.807, 2.05) is 0 Å². The Balaban J connectivity index is 4.24. The number of carbonyl (C=O) groups is 3. The van der Waals surface area contributed by atoms with Gasteiger partial charge in [-0.1, -0.05) is 286 Å². The zero-order valence-electron chi connectivity index (χ0n) is 51.2. The van der Waals surface area contributed by atoms with Crippen LogP contribution in [0.1, 0.15) is 342 Å². The van der Waals surface area contributed by atoms with Gasteiger partial charge in [0.1, 0.15) is 13.2 Å². The number of rotatable bonds is 61. The van der Waals surface area contributed by atoms with E-state index in [9.17, 15) is 14.4 Å². The second-order valence-corrected chi connectivity index (χ2v) is 22.3. The first-order chi connectivity index (χ1) is 38.0. The van der Waals surface area contributed by atoms with Crippen LogP contribution < -0.4 is 0 Å². The number of esters is 3. The van der Waals surface area contributed by atoms with Gasteiger partial charge in [-0.2, -0.15) is 0 Å². The molecule has 0 aliphatic heterocycles. The molecule has 0 aromatic heterocycles. The van der Waals surface area contributed by atoms with Gasteiger partial charge in [-0.25, -0.2) is 0 Å². The Bertz CT molecular complexity index is 1420. The van der Waals surface area contributed by atoms with E-state index in [2.05, 4.69) is 93.7 Å². The van der Waals surface area contributed by atoms with Crippen molar-refractivity contribution < 1.29 is 28.6 Å². The van der Waals surface area contributed by atoms with Gasteiger partial charge in [0.15, 0.2) is 6.10 Å². The molecule has 6 heteroatoms. The van der Waals surface area contributed by atoms with E-state index in [0.717, 1.165) is 83.5 Å². The molecule has 0 spiro atoms. The monoisotopic (exact) mass is 1070 g/mol. The van der Waals surface area contributed by atoms with E-state index in [0.29, 0.717) is 19.3 Å². The lowest BCUT2D eigenvalue weighted by Gasteiger charge is -2.18. The Morgan fingerprint density at radius 2 is 0.506 bits per heavy atom. The molecule has 0 heterocycles. The summed E-state index contributed by atoms with van der Waals surface area (Å²) in [6.45, 7) is 6.52. The highest BCUT2D eigenvalue weighted by atomic mass is 16.6. The van der Waals surface area contributed by atoms with Crippen LogP contribution in [-0.4, -0.2) is 37.2 Å². The van der Waals surface area contributed by atoms with Crippen molar-refractivity contribution in [1.29, 1.82) is 0 Å². The molecule has 0 radical (unpaired) electrons. The number of allylic oxidation sites excluding steroid dienone is 12. The third kappa shape index (κ3) is 63.6. The summed E-state index contributed by atoms with van der Waals surface area (Å²) in [5, 5.41) is 0. The Morgan fingerprint density at radius 1 is 0.273 bits per heavy atom. The highest BCUT2D eigenvalue weighted by Gasteiger charge is 2.19. The summed E-state index contributed by atoms with van der Waals surface area (Å²) in [5.74, 6) is -0.928. The first-order valence-corrected chi connectivity index (χ1v) is 33.4. The first-order valence-electron chi connectivity index (χ1n) is 33.4. The third-order valence-corrected chi connectivity index (χ3v) is 14.7. The molecule has 0 aromatic carbocycles. The van der Waals surface area contributed by atoms with Crippen molar-refractivity contribution >= 4 is 17.9 Å². The van der Waals surface area contributed by atoms with E-state index in [1.54, 1.807) is 0 Å². The van der Waals surface area contributed by atoms with Crippen LogP contribution in [0.2, 0.25) is 0 Å². The molecule has 1 atom stereocenters. The van der Waals surface area contributed by atoms with Crippen molar-refractivity contribution in [2.45, 2.75) is 348 Å². The maximum absolute atomic E-state index is 12.9. The molecule has 0 aromatic rings. The van der Waals surface area contributed by atoms with Crippen molar-refractivity contribution in [1.82, 2.24) is 0 Å². The average Bonchev–Trinajstić information content (AvgIpc) is 3.43. The molecular weight excluding hydrogens is 949 g/mol. The van der Waals surface area contributed by atoms with Crippen molar-refractivity contribution in [3.63, 3.8) is 0 Å². The average molecular weight is 1080 g/mol. The van der Waals surface area contributed by atoms with Crippen LogP contribution in [0.25, 0.3) is 0 Å². The summed E-state index contributed by atoms with van der Waals surface area (Å²) in [6.07, 6.45) is 85.1. The Labute approximate surface area is 478 Å². The molecule has 0 bridgehead atoms. The molecule has 0 aliphatic rings. The van der Waals surface area contributed by atoms with Crippen LogP contribution >= 0.6 is 0 Å². The predicted octanol–water partition coefficient (Wildman–Crippen LogP) is 22.9. The van der Waals surface area contributed by atoms with E-state index in [4.69, 9.17) is 14.2 Å². The molecule has 1 unspecified atom stereocenters. The lowest BCUT2D eigenvalue weighted by molar-refractivity contribution is -0.167. The topological polar surface area (TPSA) is 78.9 Å². The Morgan fingerprint density at radius 3 is 0.831 bits per heavy atom. The summed E-state index contributed by atoms with van der Waals surface area (Å²) < 4.78 is 16.9. The van der Waals surface area contributed by atoms with Crippen molar-refractivity contribution in [2.24, 2.45) is 0 Å². The number of carbonyl (C=O) groups excluding carboxylic acids is 3. The summed E-state index contributed by atoms with van der Waals surface area (Å²) in [7, 11) is 0. The smallest absolute Gasteiger partial charge is 0.306 e. The molecule has 0 rings (SSSR count). The number of hydrogen-bond donors (Lipinski definition) is 0. The summed E-state index contributed by atoms with van der Waals surface area (Å²) in [6, 6.07) is 0. The van der Waals surface area contributed by atoms with Gasteiger partial charge in [-0.05, 0) is 109 Å². The molecule has 0 saturated heterocycles. The van der Waals surface area contributed by atoms with Crippen LogP contribution in [0, 0.1) is 0 Å². The third-order valence-electron chi connectivity index (χ3n) is 14.7. The minimum atomic E-state index is -0.800. The van der Waals surface area contributed by atoms with E-state index in [-0.39, 0.29) is 37.5 Å². The molecule has 0 fully saturated rings. The standard InChI is InChI=1S/C71H126O6/c1-4-7-10-13-16-19-22-25-28-29-30-31-32-33-34-35-36-37-38-39-40-41-44-46-49-52-55-58-61-64-70(73)76-67-68(77-71(74)65-62-59-56-53-50-47-43-27-24-21-18-15-12-9-6-3)66-75-69(72)63-60-57-54-51-48-45-42-26-23-20-17-14-11-8-5-2/h9,12,18,21,26-27,29-30,42-43,50,53,68H,4-8,10-11,13-17,19-20,22-25,28,31-41,44-49,51-52,54-67H2,1-3H3/b12-9-,21-18-,30-29-,42-26-,43-27-,53-50-. The van der Waals surface area contributed by atoms with Gasteiger partial charge in [-0.3, -0.25) is 14.4 Å². The Hall–Kier alpha value is -3.15. The Kier molecular flexibility index (Phi) is 62.7. The second-order valence-electron chi connectivity index (χ2n) is 22.3. The zero-order valence-corrected chi connectivity index (χ0v) is 51.2. The first kappa shape index (κ1) is 73.8. The fourth-order valence-corrected chi connectivity index (χ4v) is 9.66. The zero-order chi connectivity index (χ0) is 55.7. The SMILES string of the molecule is CC/C=C\C/C=C\C/C=C\C/C=C\CCCCC(=O)OC(COC(=O)CCCCCCC/C=C\CCCCCCCC)COC(=O)CCCCCCCCCCCCCCCCCCC/C=C\CCCCCCCCCC. The fraction of sp³-hybridized carbons (Fsp3) is 0.789. The molecule has 0 saturated carbocycles. The van der Waals surface area contributed by atoms with E-state index >= 15 is 0 Å². The predicted molar refractivity (Wildman–Crippen MR) is 335 cm³/mol. The minimum absolute atomic E-state index is 0.0923. The molecule has 0 amide bonds. The number of hydrogen-bond acceptors (Lipinski definition) is 6. The van der Waals surface area contributed by atoms with Gasteiger partial charge >= 0.3 is 17.9 Å². The van der Waals surface area contributed by atoms with Crippen molar-refractivity contribution in [2.75, 3.05) is 13.2 Å². The van der Waals surface area contributed by atoms with E-state index < -0.39 is 6.10 Å². The highest BCUT2D eigenvalue weighted by Crippen LogP contribution is 2.17. The normalized spacial score (nSPS) is 12.5. The molecule has 0 N–H and O–H groups in total. The molecule has 77 heavy (non-hydrogen) atoms. The van der Waals surface area contributed by atoms with Crippen molar-refractivity contribution in [3.05, 3.63) is 72.9 Å². The van der Waals surface area contributed by atoms with Crippen LogP contribution in [0.15, 0.2) is 72.9 Å². The van der Waals surface area contributed by atoms with Gasteiger partial charge in [0.05, 0.1) is 0 Å².